The maximum atomic E-state index is 12.1. The Labute approximate surface area is 188 Å². The lowest BCUT2D eigenvalue weighted by molar-refractivity contribution is 0.0652. The lowest BCUT2D eigenvalue weighted by Crippen LogP contribution is -2.40. The number of hydrogen-bond acceptors (Lipinski definition) is 8. The van der Waals surface area contributed by atoms with Gasteiger partial charge >= 0.3 is 6.09 Å². The van der Waals surface area contributed by atoms with Crippen LogP contribution in [0.25, 0.3) is 0 Å². The third-order valence-electron chi connectivity index (χ3n) is 5.29. The summed E-state index contributed by atoms with van der Waals surface area (Å²) in [5.74, 6) is 0. The van der Waals surface area contributed by atoms with Gasteiger partial charge in [-0.15, -0.1) is 0 Å². The minimum Gasteiger partial charge on any atom is -0.447 e. The second-order valence-electron chi connectivity index (χ2n) is 8.13. The molecule has 2 aromatic rings. The molecular weight excluding hydrogens is 432 g/mol. The van der Waals surface area contributed by atoms with Crippen molar-refractivity contribution >= 4 is 21.6 Å². The minimum absolute atomic E-state index is 0.0229. The second-order valence-corrected chi connectivity index (χ2v) is 10.1. The molecule has 11 heteroatoms. The molecule has 10 nitrogen and oxygen atoms in total. The van der Waals surface area contributed by atoms with Crippen LogP contribution in [0.1, 0.15) is 49.7 Å². The van der Waals surface area contributed by atoms with Gasteiger partial charge in [-0.05, 0) is 45.7 Å². The highest BCUT2D eigenvalue weighted by molar-refractivity contribution is 7.90. The highest BCUT2D eigenvalue weighted by atomic mass is 32.2. The first-order chi connectivity index (χ1) is 15.1. The number of nitrogens with zero attached hydrogens (tertiary/aromatic N) is 5. The van der Waals surface area contributed by atoms with E-state index in [2.05, 4.69) is 21.5 Å². The van der Waals surface area contributed by atoms with E-state index in [-0.39, 0.29) is 23.3 Å². The number of aromatic nitrogens is 3. The van der Waals surface area contributed by atoms with Crippen molar-refractivity contribution in [2.45, 2.75) is 57.3 Å². The minimum atomic E-state index is -3.37. The first kappa shape index (κ1) is 23.5. The molecule has 2 aromatic heterocycles. The number of carbonyl (C=O) groups is 1. The Morgan fingerprint density at radius 3 is 2.59 bits per heavy atom. The van der Waals surface area contributed by atoms with Gasteiger partial charge in [-0.25, -0.2) is 18.2 Å². The van der Waals surface area contributed by atoms with Gasteiger partial charge in [0, 0.05) is 31.5 Å². The number of nitriles is 1. The molecule has 1 saturated heterocycles. The molecule has 172 valence electrons. The van der Waals surface area contributed by atoms with Crippen LogP contribution in [0.2, 0.25) is 0 Å². The monoisotopic (exact) mass is 460 g/mol. The number of amides is 1. The maximum absolute atomic E-state index is 12.1. The number of anilines is 1. The van der Waals surface area contributed by atoms with Crippen molar-refractivity contribution in [3.05, 3.63) is 35.3 Å². The molecule has 0 unspecified atom stereocenters. The average molecular weight is 461 g/mol. The van der Waals surface area contributed by atoms with Gasteiger partial charge in [0.05, 0.1) is 29.7 Å². The molecule has 0 bridgehead atoms. The molecule has 3 rings (SSSR count). The van der Waals surface area contributed by atoms with Crippen molar-refractivity contribution in [2.75, 3.05) is 24.7 Å². The summed E-state index contributed by atoms with van der Waals surface area (Å²) in [5, 5.41) is 17.4. The molecule has 1 N–H and O–H groups in total. The van der Waals surface area contributed by atoms with Gasteiger partial charge in [-0.2, -0.15) is 10.4 Å². The number of nitrogens with one attached hydrogen (secondary N) is 1. The van der Waals surface area contributed by atoms with Crippen LogP contribution in [0.4, 0.5) is 10.5 Å². The molecule has 1 aliphatic heterocycles. The number of likely N-dealkylation sites (tertiary alicyclic amines) is 1. The molecule has 0 saturated carbocycles. The van der Waals surface area contributed by atoms with Crippen molar-refractivity contribution in [3.63, 3.8) is 0 Å². The summed E-state index contributed by atoms with van der Waals surface area (Å²) in [6.07, 6.45) is 3.69. The summed E-state index contributed by atoms with van der Waals surface area (Å²) in [7, 11) is -3.37. The standard InChI is InChI=1S/C21H28N6O4S/c1-14(2)31-21(28)26-9-7-17(8-10-26)27-19(11-22)16(13-24-27)12-23-18-5-6-20(25-15(18)3)32(4,29)30/h5-6,13-14,17,23H,7-10,12H2,1-4H3. The van der Waals surface area contributed by atoms with Gasteiger partial charge in [0.25, 0.3) is 0 Å². The van der Waals surface area contributed by atoms with Gasteiger partial charge < -0.3 is 15.0 Å². The van der Waals surface area contributed by atoms with Crippen molar-refractivity contribution in [3.8, 4) is 6.07 Å². The van der Waals surface area contributed by atoms with Gasteiger partial charge in [0.15, 0.2) is 14.9 Å². The molecule has 0 aromatic carbocycles. The molecule has 1 aliphatic rings. The number of hydrogen-bond donors (Lipinski definition) is 1. The lowest BCUT2D eigenvalue weighted by Gasteiger charge is -2.32. The normalized spacial score (nSPS) is 14.9. The quantitative estimate of drug-likeness (QED) is 0.696. The van der Waals surface area contributed by atoms with Crippen molar-refractivity contribution in [1.82, 2.24) is 19.7 Å². The molecule has 0 aliphatic carbocycles. The molecule has 0 radical (unpaired) electrons. The summed E-state index contributed by atoms with van der Waals surface area (Å²) in [5.41, 5.74) is 2.45. The van der Waals surface area contributed by atoms with E-state index < -0.39 is 9.84 Å². The Kier molecular flexibility index (Phi) is 7.03. The van der Waals surface area contributed by atoms with Crippen molar-refractivity contribution in [2.24, 2.45) is 0 Å². The first-order valence-electron chi connectivity index (χ1n) is 10.4. The summed E-state index contributed by atoms with van der Waals surface area (Å²) in [6.45, 7) is 6.81. The van der Waals surface area contributed by atoms with Gasteiger partial charge in [-0.3, -0.25) is 4.68 Å². The van der Waals surface area contributed by atoms with Crippen molar-refractivity contribution < 1.29 is 17.9 Å². The predicted octanol–water partition coefficient (Wildman–Crippen LogP) is 2.66. The molecule has 0 spiro atoms. The molecule has 1 fully saturated rings. The molecule has 0 atom stereocenters. The molecule has 1 amide bonds. The Morgan fingerprint density at radius 2 is 2.03 bits per heavy atom. The average Bonchev–Trinajstić information content (AvgIpc) is 3.14. The number of rotatable bonds is 6. The second kappa shape index (κ2) is 9.56. The maximum Gasteiger partial charge on any atom is 0.410 e. The lowest BCUT2D eigenvalue weighted by atomic mass is 10.1. The fourth-order valence-electron chi connectivity index (χ4n) is 3.62. The predicted molar refractivity (Wildman–Crippen MR) is 118 cm³/mol. The number of ether oxygens (including phenoxy) is 1. The highest BCUT2D eigenvalue weighted by Gasteiger charge is 2.27. The highest BCUT2D eigenvalue weighted by Crippen LogP contribution is 2.26. The number of carbonyl (C=O) groups excluding carboxylic acids is 1. The SMILES string of the molecule is Cc1nc(S(C)(=O)=O)ccc1NCc1cnn(C2CCN(C(=O)OC(C)C)CC2)c1C#N. The van der Waals surface area contributed by atoms with Crippen LogP contribution < -0.4 is 5.32 Å². The molecule has 3 heterocycles. The van der Waals surface area contributed by atoms with Gasteiger partial charge in [-0.1, -0.05) is 0 Å². The van der Waals surface area contributed by atoms with E-state index in [1.165, 1.54) is 6.07 Å². The van der Waals surface area contributed by atoms with Crippen LogP contribution in [-0.4, -0.2) is 59.6 Å². The summed E-state index contributed by atoms with van der Waals surface area (Å²) in [6, 6.07) is 5.39. The van der Waals surface area contributed by atoms with Crippen molar-refractivity contribution in [1.29, 1.82) is 5.26 Å². The Balaban J connectivity index is 1.66. The summed E-state index contributed by atoms with van der Waals surface area (Å²) < 4.78 is 30.3. The van der Waals surface area contributed by atoms with E-state index in [0.29, 0.717) is 49.6 Å². The van der Waals surface area contributed by atoms with E-state index in [1.807, 2.05) is 13.8 Å². The van der Waals surface area contributed by atoms with E-state index >= 15 is 0 Å². The fourth-order valence-corrected chi connectivity index (χ4v) is 4.24. The Morgan fingerprint density at radius 1 is 1.34 bits per heavy atom. The number of piperidine rings is 1. The van der Waals surface area contributed by atoms with E-state index in [4.69, 9.17) is 4.74 Å². The third kappa shape index (κ3) is 5.37. The number of sulfone groups is 1. The van der Waals surface area contributed by atoms with Crippen LogP contribution >= 0.6 is 0 Å². The van der Waals surface area contributed by atoms with Crippen LogP contribution in [0, 0.1) is 18.3 Å². The Hall–Kier alpha value is -3.13. The summed E-state index contributed by atoms with van der Waals surface area (Å²) in [4.78, 5) is 17.9. The fraction of sp³-hybridized carbons (Fsp3) is 0.524. The van der Waals surface area contributed by atoms with E-state index in [0.717, 1.165) is 11.8 Å². The largest absolute Gasteiger partial charge is 0.447 e. The zero-order valence-electron chi connectivity index (χ0n) is 18.7. The Bertz CT molecular complexity index is 1130. The van der Waals surface area contributed by atoms with E-state index in [1.54, 1.807) is 28.8 Å². The zero-order chi connectivity index (χ0) is 23.5. The molecule has 32 heavy (non-hydrogen) atoms. The summed E-state index contributed by atoms with van der Waals surface area (Å²) >= 11 is 0. The van der Waals surface area contributed by atoms with Crippen LogP contribution in [0.15, 0.2) is 23.4 Å². The van der Waals surface area contributed by atoms with Crippen LogP contribution in [0.5, 0.6) is 0 Å². The van der Waals surface area contributed by atoms with Gasteiger partial charge in [0.1, 0.15) is 11.8 Å². The van der Waals surface area contributed by atoms with E-state index in [9.17, 15) is 18.5 Å². The van der Waals surface area contributed by atoms with Crippen LogP contribution in [0.3, 0.4) is 0 Å². The van der Waals surface area contributed by atoms with Crippen LogP contribution in [-0.2, 0) is 21.1 Å². The number of aryl methyl sites for hydroxylation is 1. The zero-order valence-corrected chi connectivity index (χ0v) is 19.5. The number of pyridine rings is 1. The molecular formula is C21H28N6O4S. The third-order valence-corrected chi connectivity index (χ3v) is 6.28. The smallest absolute Gasteiger partial charge is 0.410 e. The first-order valence-corrected chi connectivity index (χ1v) is 12.3. The topological polar surface area (TPSA) is 130 Å². The van der Waals surface area contributed by atoms with Gasteiger partial charge in [0.2, 0.25) is 0 Å².